The number of fused-ring (bicyclic) bond motifs is 12. The van der Waals surface area contributed by atoms with Crippen molar-refractivity contribution in [3.63, 3.8) is 0 Å². The zero-order chi connectivity index (χ0) is 52.2. The van der Waals surface area contributed by atoms with Gasteiger partial charge >= 0.3 is 0 Å². The van der Waals surface area contributed by atoms with Crippen LogP contribution >= 0.6 is 0 Å². The summed E-state index contributed by atoms with van der Waals surface area (Å²) in [6.07, 6.45) is 14.3. The summed E-state index contributed by atoms with van der Waals surface area (Å²) in [6.45, 7) is 0. The highest BCUT2D eigenvalue weighted by molar-refractivity contribution is 6.13. The molecule has 0 aliphatic heterocycles. The van der Waals surface area contributed by atoms with E-state index in [2.05, 4.69) is 237 Å². The maximum atomic E-state index is 5.78. The third-order valence-corrected chi connectivity index (χ3v) is 19.2. The van der Waals surface area contributed by atoms with Gasteiger partial charge in [0.25, 0.3) is 0 Å². The van der Waals surface area contributed by atoms with E-state index in [-0.39, 0.29) is 5.41 Å². The minimum absolute atomic E-state index is 0.0820. The van der Waals surface area contributed by atoms with Gasteiger partial charge in [0.1, 0.15) is 5.82 Å². The van der Waals surface area contributed by atoms with Crippen molar-refractivity contribution < 1.29 is 0 Å². The summed E-state index contributed by atoms with van der Waals surface area (Å²) in [5.74, 6) is 4.60. The molecule has 7 heteroatoms. The molecule has 7 nitrogen and oxygen atoms in total. The van der Waals surface area contributed by atoms with Gasteiger partial charge in [0.05, 0.1) is 50.0 Å². The second-order valence-corrected chi connectivity index (χ2v) is 23.7. The Bertz CT molecular complexity index is 4870. The van der Waals surface area contributed by atoms with Crippen molar-refractivity contribution in [1.82, 2.24) is 33.2 Å². The van der Waals surface area contributed by atoms with Crippen molar-refractivity contribution in [1.29, 1.82) is 0 Å². The molecule has 382 valence electrons. The van der Waals surface area contributed by atoms with Crippen molar-refractivity contribution in [2.75, 3.05) is 0 Å². The summed E-state index contributed by atoms with van der Waals surface area (Å²) in [6, 6.07) is 76.0. The summed E-state index contributed by atoms with van der Waals surface area (Å²) in [4.78, 5) is 17.3. The number of benzene rings is 9. The first-order chi connectivity index (χ1) is 39.6. The minimum Gasteiger partial charge on any atom is -0.310 e. The van der Waals surface area contributed by atoms with Crippen LogP contribution in [0.2, 0.25) is 0 Å². The number of hydrogen-bond acceptors (Lipinski definition) is 3. The van der Waals surface area contributed by atoms with Crippen LogP contribution in [0.4, 0.5) is 0 Å². The molecule has 5 heterocycles. The molecule has 4 fully saturated rings. The normalized spacial score (nSPS) is 19.5. The fourth-order valence-electron chi connectivity index (χ4n) is 16.3. The van der Waals surface area contributed by atoms with Crippen LogP contribution in [-0.2, 0) is 11.8 Å². The first-order valence-electron chi connectivity index (χ1n) is 28.9. The summed E-state index contributed by atoms with van der Waals surface area (Å²) in [7, 11) is 0. The van der Waals surface area contributed by atoms with Crippen LogP contribution in [0, 0.1) is 17.8 Å². The molecule has 9 aromatic carbocycles. The van der Waals surface area contributed by atoms with Crippen LogP contribution in [0.15, 0.2) is 212 Å². The summed E-state index contributed by atoms with van der Waals surface area (Å²) >= 11 is 0. The topological polar surface area (TPSA) is 58.4 Å². The van der Waals surface area contributed by atoms with Gasteiger partial charge in [0.2, 0.25) is 0 Å². The summed E-state index contributed by atoms with van der Waals surface area (Å²) in [5.41, 5.74) is 17.3. The number of para-hydroxylation sites is 7. The van der Waals surface area contributed by atoms with Gasteiger partial charge in [-0.25, -0.2) is 15.0 Å². The van der Waals surface area contributed by atoms with Gasteiger partial charge in [-0.15, -0.1) is 0 Å². The van der Waals surface area contributed by atoms with E-state index in [9.17, 15) is 0 Å². The largest absolute Gasteiger partial charge is 0.310 e. The van der Waals surface area contributed by atoms with Crippen LogP contribution in [0.5, 0.6) is 0 Å². The van der Waals surface area contributed by atoms with Gasteiger partial charge < -0.3 is 18.3 Å². The van der Waals surface area contributed by atoms with E-state index in [4.69, 9.17) is 15.0 Å². The van der Waals surface area contributed by atoms with Crippen molar-refractivity contribution in [3.05, 3.63) is 229 Å². The average molecular weight is 1030 g/mol. The Morgan fingerprint density at radius 3 is 1.27 bits per heavy atom. The third-order valence-electron chi connectivity index (χ3n) is 19.2. The quantitative estimate of drug-likeness (QED) is 0.160. The lowest BCUT2D eigenvalue weighted by molar-refractivity contribution is -0.00938. The monoisotopic (exact) mass is 1030 g/mol. The maximum Gasteiger partial charge on any atom is 0.165 e. The molecule has 5 aliphatic rings. The van der Waals surface area contributed by atoms with E-state index in [1.54, 1.807) is 0 Å². The lowest BCUT2D eigenvalue weighted by atomic mass is 9.49. The molecular weight excluding hydrogens is 975 g/mol. The molecule has 4 saturated carbocycles. The highest BCUT2D eigenvalue weighted by Gasteiger charge is 2.53. The van der Waals surface area contributed by atoms with E-state index >= 15 is 0 Å². The van der Waals surface area contributed by atoms with Crippen LogP contribution in [0.1, 0.15) is 62.0 Å². The Morgan fingerprint density at radius 1 is 0.362 bits per heavy atom. The summed E-state index contributed by atoms with van der Waals surface area (Å²) in [5, 5.41) is 8.69. The first-order valence-corrected chi connectivity index (χ1v) is 28.9. The number of nitrogens with zero attached hydrogens (tertiary/aromatic N) is 7. The molecule has 5 aromatic heterocycles. The van der Waals surface area contributed by atoms with Crippen molar-refractivity contribution in [2.45, 2.75) is 56.8 Å². The van der Waals surface area contributed by atoms with Gasteiger partial charge in [-0.2, -0.15) is 0 Å². The fraction of sp³-hybridized carbons (Fsp3) is 0.164. The molecule has 4 bridgehead atoms. The van der Waals surface area contributed by atoms with E-state index in [0.29, 0.717) is 0 Å². The molecule has 0 spiro atoms. The molecular formula is C73H55N7. The average Bonchev–Trinajstić information content (AvgIpc) is 4.40. The Hall–Kier alpha value is -9.33. The Balaban J connectivity index is 0.836. The van der Waals surface area contributed by atoms with Gasteiger partial charge in [-0.05, 0) is 172 Å². The number of rotatable bonds is 7. The Labute approximate surface area is 462 Å². The van der Waals surface area contributed by atoms with Crippen LogP contribution in [-0.4, -0.2) is 33.2 Å². The number of hydrogen-bond donors (Lipinski definition) is 0. The third kappa shape index (κ3) is 6.40. The second kappa shape index (κ2) is 16.8. The highest BCUT2D eigenvalue weighted by Crippen LogP contribution is 2.60. The molecule has 80 heavy (non-hydrogen) atoms. The SMILES string of the molecule is C1=Cc2c(c3ccccc3n2-c2ccc3c(c2)c2ccccc2n3-c2ccccc2-c2nc(-c3ccccc3-n3c4ccccc4c4cc(-n5c6ccccc6c6ccccc65)ccc43)nc(C34CC5CC(CC(C5)C3)C4)n2)CC1. The molecule has 0 amide bonds. The fourth-order valence-corrected chi connectivity index (χ4v) is 16.3. The molecule has 0 radical (unpaired) electrons. The molecule has 0 unspecified atom stereocenters. The molecule has 0 saturated heterocycles. The predicted molar refractivity (Wildman–Crippen MR) is 328 cm³/mol. The zero-order valence-corrected chi connectivity index (χ0v) is 44.3. The smallest absolute Gasteiger partial charge is 0.165 e. The van der Waals surface area contributed by atoms with Crippen molar-refractivity contribution in [2.24, 2.45) is 17.8 Å². The Kier molecular flexibility index (Phi) is 9.40. The number of allylic oxidation sites excluding steroid dienone is 1. The highest BCUT2D eigenvalue weighted by atomic mass is 15.1. The van der Waals surface area contributed by atoms with Gasteiger partial charge in [0.15, 0.2) is 11.6 Å². The number of aromatic nitrogens is 7. The molecule has 14 aromatic rings. The number of aryl methyl sites for hydroxylation is 1. The van der Waals surface area contributed by atoms with Crippen molar-refractivity contribution >= 4 is 82.4 Å². The van der Waals surface area contributed by atoms with E-state index in [0.717, 1.165) is 118 Å². The van der Waals surface area contributed by atoms with Gasteiger partial charge in [-0.1, -0.05) is 121 Å². The minimum atomic E-state index is -0.0820. The molecule has 5 aliphatic carbocycles. The molecule has 19 rings (SSSR count). The second-order valence-electron chi connectivity index (χ2n) is 23.7. The van der Waals surface area contributed by atoms with Crippen LogP contribution < -0.4 is 0 Å². The summed E-state index contributed by atoms with van der Waals surface area (Å²) < 4.78 is 9.80. The van der Waals surface area contributed by atoms with Gasteiger partial charge in [0, 0.05) is 71.3 Å². The van der Waals surface area contributed by atoms with Crippen LogP contribution in [0.3, 0.4) is 0 Å². The lowest BCUT2D eigenvalue weighted by Gasteiger charge is -2.56. The van der Waals surface area contributed by atoms with E-state index < -0.39 is 0 Å². The first kappa shape index (κ1) is 44.6. The molecule has 0 N–H and O–H groups in total. The van der Waals surface area contributed by atoms with Crippen LogP contribution in [0.25, 0.3) is 128 Å². The lowest BCUT2D eigenvalue weighted by Crippen LogP contribution is -2.49. The zero-order valence-electron chi connectivity index (χ0n) is 44.3. The predicted octanol–water partition coefficient (Wildman–Crippen LogP) is 17.9. The van der Waals surface area contributed by atoms with Gasteiger partial charge in [-0.3, -0.25) is 0 Å². The standard InChI is InChI=1S/C73H55N7/c1-9-25-60-50(17-1)51-18-2-10-26-61(51)77(60)48-33-35-68-58(40-48)54-21-5-13-29-64(54)79(68)66-31-15-7-23-56(66)70-74-71(76-72(75-70)73-42-45-37-46(43-73)39-47(38-45)44-73)57-24-8-16-32-67(57)80-65-30-14-6-22-55(65)59-41-49(34-36-69(59)80)78-62-27-11-3-19-52(62)53-20-4-12-28-63(53)78/h1-3,5-19,21-36,40-41,45-47H,4,20,37-39,42-44H2. The Morgan fingerprint density at radius 2 is 0.762 bits per heavy atom. The maximum absolute atomic E-state index is 5.78. The van der Waals surface area contributed by atoms with E-state index in [1.807, 2.05) is 0 Å². The van der Waals surface area contributed by atoms with E-state index in [1.165, 1.54) is 90.5 Å². The van der Waals surface area contributed by atoms with Crippen molar-refractivity contribution in [3.8, 4) is 45.5 Å². The molecule has 0 atom stereocenters.